The summed E-state index contributed by atoms with van der Waals surface area (Å²) in [6, 6.07) is 7.57. The molecule has 0 radical (unpaired) electrons. The summed E-state index contributed by atoms with van der Waals surface area (Å²) < 4.78 is 16.1. The average molecular weight is 332 g/mol. The third kappa shape index (κ3) is 3.71. The zero-order chi connectivity index (χ0) is 16.9. The molecule has 1 aromatic carbocycles. The van der Waals surface area contributed by atoms with Crippen molar-refractivity contribution >= 4 is 16.9 Å². The molecule has 1 aromatic heterocycles. The molecule has 1 N–H and O–H groups in total. The van der Waals surface area contributed by atoms with Crippen molar-refractivity contribution in [1.29, 1.82) is 0 Å². The Balaban J connectivity index is 1.60. The molecule has 0 bridgehead atoms. The lowest BCUT2D eigenvalue weighted by atomic mass is 10.0. The highest BCUT2D eigenvalue weighted by Gasteiger charge is 2.22. The van der Waals surface area contributed by atoms with Crippen LogP contribution in [0.25, 0.3) is 11.0 Å². The quantitative estimate of drug-likeness (QED) is 0.879. The van der Waals surface area contributed by atoms with Crippen LogP contribution < -0.4 is 10.1 Å². The van der Waals surface area contributed by atoms with Gasteiger partial charge in [-0.3, -0.25) is 4.79 Å². The van der Waals surface area contributed by atoms with E-state index in [4.69, 9.17) is 13.9 Å². The van der Waals surface area contributed by atoms with Crippen LogP contribution in [0.15, 0.2) is 28.7 Å². The fourth-order valence-electron chi connectivity index (χ4n) is 3.09. The maximum atomic E-state index is 12.5. The zero-order valence-corrected chi connectivity index (χ0v) is 14.2. The second-order valence-corrected chi connectivity index (χ2v) is 6.07. The summed E-state index contributed by atoms with van der Waals surface area (Å²) in [5, 5.41) is 3.95. The van der Waals surface area contributed by atoms with E-state index in [2.05, 4.69) is 10.2 Å². The number of hydrogen-bond donors (Lipinski definition) is 1. The van der Waals surface area contributed by atoms with Gasteiger partial charge < -0.3 is 24.1 Å². The number of hydrogen-bond acceptors (Lipinski definition) is 5. The average Bonchev–Trinajstić information content (AvgIpc) is 3.05. The zero-order valence-electron chi connectivity index (χ0n) is 14.2. The lowest BCUT2D eigenvalue weighted by molar-refractivity contribution is 0.0868. The van der Waals surface area contributed by atoms with Gasteiger partial charge in [-0.05, 0) is 25.0 Å². The van der Waals surface area contributed by atoms with Crippen molar-refractivity contribution in [2.24, 2.45) is 0 Å². The first kappa shape index (κ1) is 16.8. The molecule has 1 aliphatic heterocycles. The van der Waals surface area contributed by atoms with Crippen molar-refractivity contribution in [2.45, 2.75) is 18.9 Å². The molecule has 6 heteroatoms. The minimum atomic E-state index is -0.163. The van der Waals surface area contributed by atoms with Gasteiger partial charge in [-0.25, -0.2) is 0 Å². The van der Waals surface area contributed by atoms with Gasteiger partial charge in [-0.15, -0.1) is 0 Å². The lowest BCUT2D eigenvalue weighted by Crippen LogP contribution is -2.45. The van der Waals surface area contributed by atoms with Gasteiger partial charge in [0.15, 0.2) is 17.1 Å². The van der Waals surface area contributed by atoms with Crippen LogP contribution in [0.5, 0.6) is 5.75 Å². The van der Waals surface area contributed by atoms with E-state index < -0.39 is 0 Å². The molecule has 2 heterocycles. The van der Waals surface area contributed by atoms with Gasteiger partial charge in [0, 0.05) is 38.2 Å². The summed E-state index contributed by atoms with van der Waals surface area (Å²) in [6.07, 6.45) is 1.89. The highest BCUT2D eigenvalue weighted by molar-refractivity contribution is 5.97. The number of ether oxygens (including phenoxy) is 2. The molecule has 0 aliphatic carbocycles. The highest BCUT2D eigenvalue weighted by atomic mass is 16.5. The van der Waals surface area contributed by atoms with E-state index in [0.29, 0.717) is 17.1 Å². The van der Waals surface area contributed by atoms with Gasteiger partial charge in [-0.2, -0.15) is 0 Å². The van der Waals surface area contributed by atoms with E-state index in [-0.39, 0.29) is 11.9 Å². The molecule has 1 saturated heterocycles. The van der Waals surface area contributed by atoms with Crippen molar-refractivity contribution in [1.82, 2.24) is 10.2 Å². The van der Waals surface area contributed by atoms with Crippen molar-refractivity contribution in [3.05, 3.63) is 30.0 Å². The Morgan fingerprint density at radius 2 is 2.12 bits per heavy atom. The van der Waals surface area contributed by atoms with E-state index in [1.807, 2.05) is 18.2 Å². The van der Waals surface area contributed by atoms with E-state index in [1.165, 1.54) is 0 Å². The fraction of sp³-hybridized carbons (Fsp3) is 0.500. The van der Waals surface area contributed by atoms with Crippen LogP contribution in [0, 0.1) is 0 Å². The number of carbonyl (C=O) groups excluding carboxylic acids is 1. The van der Waals surface area contributed by atoms with Gasteiger partial charge in [-0.1, -0.05) is 12.1 Å². The molecule has 3 rings (SSSR count). The SMILES string of the molecule is COCCN1CCC(NC(=O)c2cc3cccc(OC)c3o2)CC1. The number of carbonyl (C=O) groups is 1. The topological polar surface area (TPSA) is 63.9 Å². The molecule has 0 atom stereocenters. The predicted octanol–water partition coefficient (Wildman–Crippen LogP) is 2.28. The molecule has 0 saturated carbocycles. The third-order valence-corrected chi connectivity index (χ3v) is 4.49. The molecule has 1 amide bonds. The molecule has 6 nitrogen and oxygen atoms in total. The van der Waals surface area contributed by atoms with E-state index in [0.717, 1.165) is 44.5 Å². The molecule has 1 fully saturated rings. The number of amides is 1. The number of para-hydroxylation sites is 1. The Labute approximate surface area is 141 Å². The Hall–Kier alpha value is -2.05. The van der Waals surface area contributed by atoms with Crippen molar-refractivity contribution in [2.75, 3.05) is 40.5 Å². The second kappa shape index (κ2) is 7.68. The third-order valence-electron chi connectivity index (χ3n) is 4.49. The van der Waals surface area contributed by atoms with Crippen LogP contribution in [-0.2, 0) is 4.74 Å². The molecular formula is C18H24N2O4. The summed E-state index contributed by atoms with van der Waals surface area (Å²) >= 11 is 0. The van der Waals surface area contributed by atoms with Crippen LogP contribution >= 0.6 is 0 Å². The van der Waals surface area contributed by atoms with E-state index in [1.54, 1.807) is 20.3 Å². The van der Waals surface area contributed by atoms with Crippen molar-refractivity contribution < 1.29 is 18.7 Å². The molecule has 2 aromatic rings. The van der Waals surface area contributed by atoms with E-state index >= 15 is 0 Å². The maximum Gasteiger partial charge on any atom is 0.287 e. The van der Waals surface area contributed by atoms with Gasteiger partial charge in [0.25, 0.3) is 5.91 Å². The lowest BCUT2D eigenvalue weighted by Gasteiger charge is -2.31. The number of nitrogens with one attached hydrogen (secondary N) is 1. The van der Waals surface area contributed by atoms with Gasteiger partial charge in [0.1, 0.15) is 0 Å². The Morgan fingerprint density at radius 3 is 2.83 bits per heavy atom. The predicted molar refractivity (Wildman–Crippen MR) is 91.6 cm³/mol. The monoisotopic (exact) mass is 332 g/mol. The Bertz CT molecular complexity index is 689. The Kier molecular flexibility index (Phi) is 5.37. The molecule has 0 spiro atoms. The number of benzene rings is 1. The largest absolute Gasteiger partial charge is 0.493 e. The molecule has 24 heavy (non-hydrogen) atoms. The van der Waals surface area contributed by atoms with Crippen LogP contribution in [0.1, 0.15) is 23.4 Å². The minimum absolute atomic E-state index is 0.163. The highest BCUT2D eigenvalue weighted by Crippen LogP contribution is 2.28. The van der Waals surface area contributed by atoms with Crippen LogP contribution in [0.4, 0.5) is 0 Å². The maximum absolute atomic E-state index is 12.5. The Morgan fingerprint density at radius 1 is 1.33 bits per heavy atom. The second-order valence-electron chi connectivity index (χ2n) is 6.07. The molecule has 130 valence electrons. The summed E-state index contributed by atoms with van der Waals surface area (Å²) in [5.41, 5.74) is 0.611. The summed E-state index contributed by atoms with van der Waals surface area (Å²) in [5.74, 6) is 0.804. The number of furan rings is 1. The first-order valence-electron chi connectivity index (χ1n) is 8.30. The van der Waals surface area contributed by atoms with Crippen LogP contribution in [0.3, 0.4) is 0 Å². The molecule has 1 aliphatic rings. The van der Waals surface area contributed by atoms with Gasteiger partial charge in [0.05, 0.1) is 13.7 Å². The standard InChI is InChI=1S/C18H24N2O4/c1-22-11-10-20-8-6-14(7-9-20)19-18(21)16-12-13-4-3-5-15(23-2)17(13)24-16/h3-5,12,14H,6-11H2,1-2H3,(H,19,21). The number of likely N-dealkylation sites (tertiary alicyclic amines) is 1. The van der Waals surface area contributed by atoms with Crippen molar-refractivity contribution in [3.63, 3.8) is 0 Å². The van der Waals surface area contributed by atoms with Crippen LogP contribution in [-0.4, -0.2) is 57.3 Å². The fourth-order valence-corrected chi connectivity index (χ4v) is 3.09. The molecule has 0 unspecified atom stereocenters. The summed E-state index contributed by atoms with van der Waals surface area (Å²) in [6.45, 7) is 3.64. The molecular weight excluding hydrogens is 308 g/mol. The normalized spacial score (nSPS) is 16.4. The minimum Gasteiger partial charge on any atom is -0.493 e. The van der Waals surface area contributed by atoms with Gasteiger partial charge >= 0.3 is 0 Å². The van der Waals surface area contributed by atoms with Crippen molar-refractivity contribution in [3.8, 4) is 5.75 Å². The van der Waals surface area contributed by atoms with Gasteiger partial charge in [0.2, 0.25) is 0 Å². The number of methoxy groups -OCH3 is 2. The number of nitrogens with zero attached hydrogens (tertiary/aromatic N) is 1. The first-order valence-corrected chi connectivity index (χ1v) is 8.30. The number of piperidine rings is 1. The van der Waals surface area contributed by atoms with Crippen LogP contribution in [0.2, 0.25) is 0 Å². The number of rotatable bonds is 6. The summed E-state index contributed by atoms with van der Waals surface area (Å²) in [4.78, 5) is 14.8. The van der Waals surface area contributed by atoms with E-state index in [9.17, 15) is 4.79 Å². The smallest absolute Gasteiger partial charge is 0.287 e. The first-order chi connectivity index (χ1) is 11.7. The number of fused-ring (bicyclic) bond motifs is 1. The summed E-state index contributed by atoms with van der Waals surface area (Å²) in [7, 11) is 3.31.